The highest BCUT2D eigenvalue weighted by atomic mass is 35.5. The number of hydrogen-bond donors (Lipinski definition) is 1. The van der Waals surface area contributed by atoms with Crippen LogP contribution in [-0.4, -0.2) is 28.9 Å². The van der Waals surface area contributed by atoms with Crippen molar-refractivity contribution in [1.29, 1.82) is 0 Å². The first-order valence-electron chi connectivity index (χ1n) is 4.96. The molecule has 90 valence electrons. The topological polar surface area (TPSA) is 57.6 Å². The largest absolute Gasteiger partial charge is 0.478 e. The van der Waals surface area contributed by atoms with Crippen LogP contribution in [0.3, 0.4) is 0 Å². The Morgan fingerprint density at radius 2 is 2.18 bits per heavy atom. The van der Waals surface area contributed by atoms with Crippen LogP contribution in [0.15, 0.2) is 18.2 Å². The van der Waals surface area contributed by atoms with Crippen LogP contribution in [0.4, 0.5) is 5.69 Å². The summed E-state index contributed by atoms with van der Waals surface area (Å²) in [6.45, 7) is 0.322. The van der Waals surface area contributed by atoms with Crippen LogP contribution in [0.25, 0.3) is 0 Å². The average molecular weight is 274 g/mol. The highest BCUT2D eigenvalue weighted by molar-refractivity contribution is 6.31. The molecule has 1 heterocycles. The van der Waals surface area contributed by atoms with E-state index >= 15 is 0 Å². The van der Waals surface area contributed by atoms with Gasteiger partial charge in [0.05, 0.1) is 16.6 Å². The Morgan fingerprint density at radius 3 is 2.71 bits per heavy atom. The van der Waals surface area contributed by atoms with E-state index < -0.39 is 5.97 Å². The number of anilines is 1. The molecule has 1 aromatic rings. The highest BCUT2D eigenvalue weighted by Gasteiger charge is 2.31. The van der Waals surface area contributed by atoms with Crippen LogP contribution in [0, 0.1) is 0 Å². The van der Waals surface area contributed by atoms with Crippen molar-refractivity contribution in [3.8, 4) is 0 Å². The third kappa shape index (κ3) is 2.37. The lowest BCUT2D eigenvalue weighted by atomic mass is 10.1. The SMILES string of the molecule is O=C(O)c1cc(Cl)ccc1N1CC(Cl)CC1=O. The number of carboxylic acid groups (broad SMARTS) is 1. The quantitative estimate of drug-likeness (QED) is 0.842. The van der Waals surface area contributed by atoms with E-state index in [2.05, 4.69) is 0 Å². The van der Waals surface area contributed by atoms with Gasteiger partial charge in [-0.1, -0.05) is 11.6 Å². The van der Waals surface area contributed by atoms with E-state index in [1.165, 1.54) is 17.0 Å². The number of halogens is 2. The van der Waals surface area contributed by atoms with Crippen molar-refractivity contribution in [2.45, 2.75) is 11.8 Å². The lowest BCUT2D eigenvalue weighted by Crippen LogP contribution is -2.26. The number of carboxylic acids is 1. The zero-order valence-corrected chi connectivity index (χ0v) is 10.2. The minimum Gasteiger partial charge on any atom is -0.478 e. The summed E-state index contributed by atoms with van der Waals surface area (Å²) >= 11 is 11.6. The van der Waals surface area contributed by atoms with Crippen molar-refractivity contribution < 1.29 is 14.7 Å². The molecule has 17 heavy (non-hydrogen) atoms. The first-order chi connectivity index (χ1) is 7.99. The minimum atomic E-state index is -1.12. The molecule has 6 heteroatoms. The summed E-state index contributed by atoms with van der Waals surface area (Å²) in [5.41, 5.74) is 0.353. The fourth-order valence-corrected chi connectivity index (χ4v) is 2.25. The molecular formula is C11H9Cl2NO3. The van der Waals surface area contributed by atoms with Crippen LogP contribution in [0.1, 0.15) is 16.8 Å². The van der Waals surface area contributed by atoms with Crippen molar-refractivity contribution in [2.75, 3.05) is 11.4 Å². The van der Waals surface area contributed by atoms with Gasteiger partial charge in [-0.2, -0.15) is 0 Å². The normalized spacial score (nSPS) is 19.8. The molecule has 0 aliphatic carbocycles. The van der Waals surface area contributed by atoms with E-state index in [-0.39, 0.29) is 23.3 Å². The molecule has 1 aliphatic heterocycles. The summed E-state index contributed by atoms with van der Waals surface area (Å²) < 4.78 is 0. The second kappa shape index (κ2) is 4.55. The Balaban J connectivity index is 2.45. The maximum absolute atomic E-state index is 11.7. The van der Waals surface area contributed by atoms with Gasteiger partial charge in [0.2, 0.25) is 5.91 Å². The zero-order valence-electron chi connectivity index (χ0n) is 8.69. The van der Waals surface area contributed by atoms with Gasteiger partial charge in [-0.25, -0.2) is 4.79 Å². The molecule has 1 fully saturated rings. The van der Waals surface area contributed by atoms with Gasteiger partial charge in [0.15, 0.2) is 0 Å². The van der Waals surface area contributed by atoms with Crippen molar-refractivity contribution in [1.82, 2.24) is 0 Å². The number of carbonyl (C=O) groups is 2. The molecule has 0 bridgehead atoms. The number of benzene rings is 1. The van der Waals surface area contributed by atoms with Gasteiger partial charge in [-0.3, -0.25) is 4.79 Å². The van der Waals surface area contributed by atoms with E-state index in [9.17, 15) is 9.59 Å². The van der Waals surface area contributed by atoms with Crippen LogP contribution >= 0.6 is 23.2 Å². The van der Waals surface area contributed by atoms with Gasteiger partial charge >= 0.3 is 5.97 Å². The highest BCUT2D eigenvalue weighted by Crippen LogP contribution is 2.29. The molecule has 0 spiro atoms. The third-order valence-corrected chi connectivity index (χ3v) is 3.09. The average Bonchev–Trinajstić information content (AvgIpc) is 2.57. The molecule has 1 saturated heterocycles. The number of carbonyl (C=O) groups excluding carboxylic acids is 1. The summed E-state index contributed by atoms with van der Waals surface area (Å²) in [6.07, 6.45) is 0.225. The van der Waals surface area contributed by atoms with E-state index in [1.807, 2.05) is 0 Å². The summed E-state index contributed by atoms with van der Waals surface area (Å²) in [6, 6.07) is 4.41. The van der Waals surface area contributed by atoms with Crippen molar-refractivity contribution in [2.24, 2.45) is 0 Å². The van der Waals surface area contributed by atoms with Crippen LogP contribution in [-0.2, 0) is 4.79 Å². The van der Waals surface area contributed by atoms with Gasteiger partial charge in [0, 0.05) is 18.0 Å². The molecule has 0 aromatic heterocycles. The van der Waals surface area contributed by atoms with E-state index in [0.717, 1.165) is 0 Å². The molecule has 0 radical (unpaired) electrons. The second-order valence-corrected chi connectivity index (χ2v) is 4.83. The fourth-order valence-electron chi connectivity index (χ4n) is 1.81. The molecule has 1 amide bonds. The molecule has 1 atom stereocenters. The van der Waals surface area contributed by atoms with Gasteiger partial charge in [0.25, 0.3) is 0 Å². The van der Waals surface area contributed by atoms with Gasteiger partial charge in [-0.15, -0.1) is 11.6 Å². The molecule has 4 nitrogen and oxygen atoms in total. The Labute approximate surface area is 108 Å². The number of hydrogen-bond acceptors (Lipinski definition) is 2. The summed E-state index contributed by atoms with van der Waals surface area (Å²) in [7, 11) is 0. The maximum atomic E-state index is 11.7. The predicted octanol–water partition coefficient (Wildman–Crippen LogP) is 2.38. The molecule has 1 aromatic carbocycles. The first kappa shape index (κ1) is 12.2. The summed E-state index contributed by atoms with van der Waals surface area (Å²) in [4.78, 5) is 24.1. The second-order valence-electron chi connectivity index (χ2n) is 3.77. The Hall–Kier alpha value is -1.26. The molecule has 1 N–H and O–H groups in total. The summed E-state index contributed by atoms with van der Waals surface area (Å²) in [5, 5.41) is 9.11. The molecule has 2 rings (SSSR count). The maximum Gasteiger partial charge on any atom is 0.337 e. The third-order valence-electron chi connectivity index (χ3n) is 2.56. The van der Waals surface area contributed by atoms with Crippen LogP contribution in [0.2, 0.25) is 5.02 Å². The first-order valence-corrected chi connectivity index (χ1v) is 5.77. The van der Waals surface area contributed by atoms with Crippen molar-refractivity contribution >= 4 is 40.8 Å². The minimum absolute atomic E-state index is 0.0108. The fraction of sp³-hybridized carbons (Fsp3) is 0.273. The van der Waals surface area contributed by atoms with Crippen LogP contribution < -0.4 is 4.90 Å². The molecule has 0 saturated carbocycles. The Bertz CT molecular complexity index is 490. The standard InChI is InChI=1S/C11H9Cl2NO3/c12-6-1-2-9(8(3-6)11(16)17)14-5-7(13)4-10(14)15/h1-3,7H,4-5H2,(H,16,17). The van der Waals surface area contributed by atoms with Crippen LogP contribution in [0.5, 0.6) is 0 Å². The van der Waals surface area contributed by atoms with Gasteiger partial charge < -0.3 is 10.0 Å². The lowest BCUT2D eigenvalue weighted by molar-refractivity contribution is -0.117. The number of nitrogens with zero attached hydrogens (tertiary/aromatic N) is 1. The van der Waals surface area contributed by atoms with E-state index in [4.69, 9.17) is 28.3 Å². The lowest BCUT2D eigenvalue weighted by Gasteiger charge is -2.18. The van der Waals surface area contributed by atoms with Crippen molar-refractivity contribution in [3.05, 3.63) is 28.8 Å². The van der Waals surface area contributed by atoms with E-state index in [0.29, 0.717) is 17.3 Å². The smallest absolute Gasteiger partial charge is 0.337 e. The monoisotopic (exact) mass is 273 g/mol. The number of rotatable bonds is 2. The molecule has 1 aliphatic rings. The Morgan fingerprint density at radius 1 is 1.47 bits per heavy atom. The van der Waals surface area contributed by atoms with Crippen molar-refractivity contribution in [3.63, 3.8) is 0 Å². The number of alkyl halides is 1. The Kier molecular flexibility index (Phi) is 3.26. The van der Waals surface area contributed by atoms with E-state index in [1.54, 1.807) is 6.07 Å². The predicted molar refractivity (Wildman–Crippen MR) is 65.0 cm³/mol. The van der Waals surface area contributed by atoms with Gasteiger partial charge in [-0.05, 0) is 18.2 Å². The molecule has 1 unspecified atom stereocenters. The van der Waals surface area contributed by atoms with Gasteiger partial charge in [0.1, 0.15) is 0 Å². The zero-order chi connectivity index (χ0) is 12.6. The molecular weight excluding hydrogens is 265 g/mol. The summed E-state index contributed by atoms with van der Waals surface area (Å²) in [5.74, 6) is -1.29. The number of aromatic carboxylic acids is 1. The number of amides is 1.